The van der Waals surface area contributed by atoms with Crippen LogP contribution in [0.15, 0.2) is 24.3 Å². The molecule has 1 aliphatic rings. The van der Waals surface area contributed by atoms with Crippen LogP contribution in [0.2, 0.25) is 0 Å². The Labute approximate surface area is 110 Å². The van der Waals surface area contributed by atoms with Gasteiger partial charge in [-0.25, -0.2) is 0 Å². The van der Waals surface area contributed by atoms with Gasteiger partial charge in [-0.05, 0) is 37.8 Å². The molecular weight excluding hydrogens is 222 g/mol. The maximum absolute atomic E-state index is 12.3. The molecule has 0 spiro atoms. The van der Waals surface area contributed by atoms with Gasteiger partial charge in [-0.15, -0.1) is 0 Å². The van der Waals surface area contributed by atoms with Crippen molar-refractivity contribution >= 4 is 5.91 Å². The van der Waals surface area contributed by atoms with Crippen LogP contribution in [0.1, 0.15) is 51.2 Å². The number of hydrogen-bond acceptors (Lipinski definition) is 1. The van der Waals surface area contributed by atoms with Crippen molar-refractivity contribution in [3.05, 3.63) is 35.4 Å². The number of benzene rings is 1. The van der Waals surface area contributed by atoms with Gasteiger partial charge in [-0.1, -0.05) is 37.6 Å². The lowest BCUT2D eigenvalue weighted by molar-refractivity contribution is -0.138. The summed E-state index contributed by atoms with van der Waals surface area (Å²) in [6, 6.07) is 8.48. The van der Waals surface area contributed by atoms with Crippen molar-refractivity contribution in [3.63, 3.8) is 0 Å². The van der Waals surface area contributed by atoms with Crippen molar-refractivity contribution in [2.24, 2.45) is 0 Å². The minimum Gasteiger partial charge on any atom is -0.333 e. The molecule has 2 heteroatoms. The summed E-state index contributed by atoms with van der Waals surface area (Å²) < 4.78 is 0. The molecule has 0 atom stereocenters. The van der Waals surface area contributed by atoms with E-state index in [4.69, 9.17) is 0 Å². The molecule has 0 saturated heterocycles. The van der Waals surface area contributed by atoms with Crippen molar-refractivity contribution in [1.29, 1.82) is 0 Å². The van der Waals surface area contributed by atoms with Gasteiger partial charge in [0.25, 0.3) is 0 Å². The molecule has 98 valence electrons. The van der Waals surface area contributed by atoms with Gasteiger partial charge in [0.15, 0.2) is 0 Å². The van der Waals surface area contributed by atoms with E-state index in [1.165, 1.54) is 11.1 Å². The number of carbonyl (C=O) groups is 1. The van der Waals surface area contributed by atoms with Crippen LogP contribution in [0.4, 0.5) is 0 Å². The highest BCUT2D eigenvalue weighted by atomic mass is 16.2. The minimum atomic E-state index is -0.0564. The molecule has 0 N–H and O–H groups in total. The van der Waals surface area contributed by atoms with E-state index in [0.29, 0.717) is 12.3 Å². The Hall–Kier alpha value is -1.31. The summed E-state index contributed by atoms with van der Waals surface area (Å²) in [5, 5.41) is 0. The van der Waals surface area contributed by atoms with Crippen LogP contribution in [0.5, 0.6) is 0 Å². The second-order valence-electron chi connectivity index (χ2n) is 5.84. The Morgan fingerprint density at radius 2 is 1.94 bits per heavy atom. The third kappa shape index (κ3) is 2.58. The zero-order valence-corrected chi connectivity index (χ0v) is 11.7. The van der Waals surface area contributed by atoms with Gasteiger partial charge in [0.1, 0.15) is 0 Å². The van der Waals surface area contributed by atoms with Crippen molar-refractivity contribution in [2.75, 3.05) is 0 Å². The molecule has 0 fully saturated rings. The first-order chi connectivity index (χ1) is 8.54. The monoisotopic (exact) mass is 245 g/mol. The van der Waals surface area contributed by atoms with E-state index in [0.717, 1.165) is 25.8 Å². The third-order valence-electron chi connectivity index (χ3n) is 3.85. The SMILES string of the molecule is CCCCC(=O)N1Cc2ccccc2CC1(C)C. The summed E-state index contributed by atoms with van der Waals surface area (Å²) >= 11 is 0. The molecule has 1 aliphatic heterocycles. The maximum Gasteiger partial charge on any atom is 0.223 e. The molecule has 0 saturated carbocycles. The first-order valence-corrected chi connectivity index (χ1v) is 6.92. The number of unbranched alkanes of at least 4 members (excludes halogenated alkanes) is 1. The molecule has 18 heavy (non-hydrogen) atoms. The number of fused-ring (bicyclic) bond motifs is 1. The first kappa shape index (κ1) is 13.1. The number of nitrogens with zero attached hydrogens (tertiary/aromatic N) is 1. The zero-order valence-electron chi connectivity index (χ0n) is 11.7. The van der Waals surface area contributed by atoms with Crippen molar-refractivity contribution in [2.45, 2.75) is 58.5 Å². The fourth-order valence-electron chi connectivity index (χ4n) is 2.72. The summed E-state index contributed by atoms with van der Waals surface area (Å²) in [5.41, 5.74) is 2.64. The Kier molecular flexibility index (Phi) is 3.74. The van der Waals surface area contributed by atoms with E-state index in [2.05, 4.69) is 49.9 Å². The highest BCUT2D eigenvalue weighted by Crippen LogP contribution is 2.31. The van der Waals surface area contributed by atoms with Crippen LogP contribution in [-0.4, -0.2) is 16.3 Å². The molecule has 1 heterocycles. The number of amides is 1. The summed E-state index contributed by atoms with van der Waals surface area (Å²) in [6.45, 7) is 7.25. The second kappa shape index (κ2) is 5.13. The van der Waals surface area contributed by atoms with Crippen LogP contribution in [0.25, 0.3) is 0 Å². The fourth-order valence-corrected chi connectivity index (χ4v) is 2.72. The van der Waals surface area contributed by atoms with Crippen LogP contribution in [-0.2, 0) is 17.8 Å². The molecule has 0 radical (unpaired) electrons. The minimum absolute atomic E-state index is 0.0564. The third-order valence-corrected chi connectivity index (χ3v) is 3.85. The largest absolute Gasteiger partial charge is 0.333 e. The van der Waals surface area contributed by atoms with Gasteiger partial charge in [-0.3, -0.25) is 4.79 Å². The van der Waals surface area contributed by atoms with E-state index < -0.39 is 0 Å². The Bertz CT molecular complexity index is 436. The van der Waals surface area contributed by atoms with Crippen LogP contribution >= 0.6 is 0 Å². The standard InChI is InChI=1S/C16H23NO/c1-4-5-10-15(18)17-12-14-9-7-6-8-13(14)11-16(17,2)3/h6-9H,4-5,10-12H2,1-3H3. The topological polar surface area (TPSA) is 20.3 Å². The molecular formula is C16H23NO. The Balaban J connectivity index is 2.19. The van der Waals surface area contributed by atoms with Crippen molar-refractivity contribution < 1.29 is 4.79 Å². The fraction of sp³-hybridized carbons (Fsp3) is 0.562. The predicted octanol–water partition coefficient (Wildman–Crippen LogP) is 3.54. The maximum atomic E-state index is 12.3. The smallest absolute Gasteiger partial charge is 0.223 e. The molecule has 2 nitrogen and oxygen atoms in total. The molecule has 0 aliphatic carbocycles. The van der Waals surface area contributed by atoms with Gasteiger partial charge >= 0.3 is 0 Å². The molecule has 0 unspecified atom stereocenters. The van der Waals surface area contributed by atoms with E-state index in [1.807, 2.05) is 0 Å². The van der Waals surface area contributed by atoms with Crippen molar-refractivity contribution in [3.8, 4) is 0 Å². The zero-order chi connectivity index (χ0) is 13.2. The lowest BCUT2D eigenvalue weighted by Gasteiger charge is -2.43. The predicted molar refractivity (Wildman–Crippen MR) is 74.3 cm³/mol. The van der Waals surface area contributed by atoms with Gasteiger partial charge < -0.3 is 4.90 Å². The number of hydrogen-bond donors (Lipinski definition) is 0. The summed E-state index contributed by atoms with van der Waals surface area (Å²) in [6.07, 6.45) is 3.72. The lowest BCUT2D eigenvalue weighted by Crippen LogP contribution is -2.51. The average molecular weight is 245 g/mol. The van der Waals surface area contributed by atoms with Gasteiger partial charge in [0.2, 0.25) is 5.91 Å². The molecule has 1 aromatic carbocycles. The van der Waals surface area contributed by atoms with Gasteiger partial charge in [-0.2, -0.15) is 0 Å². The molecule has 1 amide bonds. The second-order valence-corrected chi connectivity index (χ2v) is 5.84. The first-order valence-electron chi connectivity index (χ1n) is 6.92. The van der Waals surface area contributed by atoms with Gasteiger partial charge in [0.05, 0.1) is 0 Å². The number of rotatable bonds is 3. The van der Waals surface area contributed by atoms with E-state index >= 15 is 0 Å². The highest BCUT2D eigenvalue weighted by molar-refractivity contribution is 5.77. The van der Waals surface area contributed by atoms with Crippen molar-refractivity contribution in [1.82, 2.24) is 4.90 Å². The van der Waals surface area contributed by atoms with E-state index in [1.54, 1.807) is 0 Å². The normalized spacial score (nSPS) is 17.4. The van der Waals surface area contributed by atoms with Gasteiger partial charge in [0, 0.05) is 18.5 Å². The van der Waals surface area contributed by atoms with Crippen LogP contribution in [0.3, 0.4) is 0 Å². The van der Waals surface area contributed by atoms with Crippen LogP contribution in [0, 0.1) is 0 Å². The highest BCUT2D eigenvalue weighted by Gasteiger charge is 2.35. The number of carbonyl (C=O) groups excluding carboxylic acids is 1. The quantitative estimate of drug-likeness (QED) is 0.797. The molecule has 0 bridgehead atoms. The molecule has 2 rings (SSSR count). The lowest BCUT2D eigenvalue weighted by atomic mass is 9.85. The molecule has 0 aromatic heterocycles. The van der Waals surface area contributed by atoms with E-state index in [-0.39, 0.29) is 5.54 Å². The summed E-state index contributed by atoms with van der Waals surface area (Å²) in [4.78, 5) is 14.4. The Morgan fingerprint density at radius 3 is 2.61 bits per heavy atom. The molecule has 1 aromatic rings. The summed E-state index contributed by atoms with van der Waals surface area (Å²) in [5.74, 6) is 0.302. The van der Waals surface area contributed by atoms with Crippen LogP contribution < -0.4 is 0 Å². The summed E-state index contributed by atoms with van der Waals surface area (Å²) in [7, 11) is 0. The Morgan fingerprint density at radius 1 is 1.28 bits per heavy atom. The average Bonchev–Trinajstić information content (AvgIpc) is 2.34. The van der Waals surface area contributed by atoms with E-state index in [9.17, 15) is 4.79 Å².